The van der Waals surface area contributed by atoms with Crippen LogP contribution in [0.3, 0.4) is 0 Å². The van der Waals surface area contributed by atoms with Crippen LogP contribution >= 0.6 is 11.8 Å². The molecule has 0 aliphatic rings. The van der Waals surface area contributed by atoms with Crippen LogP contribution in [-0.2, 0) is 6.54 Å². The molecule has 128 valence electrons. The Morgan fingerprint density at radius 2 is 1.88 bits per heavy atom. The van der Waals surface area contributed by atoms with E-state index in [0.29, 0.717) is 28.2 Å². The molecule has 4 nitrogen and oxygen atoms in total. The molecule has 1 atom stereocenters. The third kappa shape index (κ3) is 3.49. The molecule has 0 radical (unpaired) electrons. The second-order valence-electron chi connectivity index (χ2n) is 5.59. The Labute approximate surface area is 148 Å². The quantitative estimate of drug-likeness (QED) is 0.395. The molecule has 0 saturated carbocycles. The molecule has 1 aromatic heterocycles. The van der Waals surface area contributed by atoms with Crippen molar-refractivity contribution in [1.82, 2.24) is 9.55 Å². The molecule has 6 heteroatoms. The zero-order valence-corrected chi connectivity index (χ0v) is 14.7. The van der Waals surface area contributed by atoms with Crippen molar-refractivity contribution >= 4 is 28.4 Å². The highest BCUT2D eigenvalue weighted by Gasteiger charge is 2.20. The maximum absolute atomic E-state index is 13.0. The maximum Gasteiger partial charge on any atom is 0.262 e. The summed E-state index contributed by atoms with van der Waals surface area (Å²) in [6, 6.07) is 12.6. The Morgan fingerprint density at radius 1 is 1.20 bits per heavy atom. The standard InChI is InChI=1S/C19H17FN2O2S/c1-3-22-18(24)15-6-4-5-7-16(15)21-19(22)25-12(2)17(23)13-8-10-14(20)11-9-13/h4-12H,3H2,1-2H3/t12-/m0/s1. The van der Waals surface area contributed by atoms with Crippen molar-refractivity contribution in [3.63, 3.8) is 0 Å². The minimum absolute atomic E-state index is 0.114. The Balaban J connectivity index is 1.95. The minimum atomic E-state index is -0.448. The molecular formula is C19H17FN2O2S. The van der Waals surface area contributed by atoms with Gasteiger partial charge in [-0.15, -0.1) is 0 Å². The van der Waals surface area contributed by atoms with Crippen LogP contribution in [0.25, 0.3) is 10.9 Å². The van der Waals surface area contributed by atoms with Crippen LogP contribution in [0.5, 0.6) is 0 Å². The number of hydrogen-bond donors (Lipinski definition) is 0. The third-order valence-electron chi connectivity index (χ3n) is 3.92. The van der Waals surface area contributed by atoms with Gasteiger partial charge in [-0.05, 0) is 50.2 Å². The number of ketones is 1. The van der Waals surface area contributed by atoms with E-state index in [1.165, 1.54) is 36.0 Å². The molecule has 25 heavy (non-hydrogen) atoms. The lowest BCUT2D eigenvalue weighted by molar-refractivity contribution is 0.0994. The van der Waals surface area contributed by atoms with Crippen molar-refractivity contribution in [3.8, 4) is 0 Å². The van der Waals surface area contributed by atoms with E-state index in [9.17, 15) is 14.0 Å². The number of carbonyl (C=O) groups excluding carboxylic acids is 1. The van der Waals surface area contributed by atoms with Crippen molar-refractivity contribution in [2.45, 2.75) is 30.8 Å². The van der Waals surface area contributed by atoms with Gasteiger partial charge in [-0.25, -0.2) is 9.37 Å². The fraction of sp³-hybridized carbons (Fsp3) is 0.211. The summed E-state index contributed by atoms with van der Waals surface area (Å²) in [5.74, 6) is -0.511. The number of halogens is 1. The molecule has 0 unspecified atom stereocenters. The molecule has 3 aromatic rings. The van der Waals surface area contributed by atoms with Crippen LogP contribution in [-0.4, -0.2) is 20.6 Å². The third-order valence-corrected chi connectivity index (χ3v) is 5.01. The SMILES string of the molecule is CCn1c(S[C@@H](C)C(=O)c2ccc(F)cc2)nc2ccccc2c1=O. The molecule has 2 aromatic carbocycles. The molecule has 0 saturated heterocycles. The van der Waals surface area contributed by atoms with Crippen LogP contribution in [0.4, 0.5) is 4.39 Å². The highest BCUT2D eigenvalue weighted by atomic mass is 32.2. The number of benzene rings is 2. The van der Waals surface area contributed by atoms with E-state index in [-0.39, 0.29) is 17.2 Å². The van der Waals surface area contributed by atoms with E-state index in [2.05, 4.69) is 4.98 Å². The average Bonchev–Trinajstić information content (AvgIpc) is 2.62. The van der Waals surface area contributed by atoms with Gasteiger partial charge < -0.3 is 0 Å². The molecular weight excluding hydrogens is 339 g/mol. The second kappa shape index (κ2) is 7.19. The summed E-state index contributed by atoms with van der Waals surface area (Å²) in [5.41, 5.74) is 0.936. The van der Waals surface area contributed by atoms with Gasteiger partial charge in [-0.2, -0.15) is 0 Å². The molecule has 0 aliphatic carbocycles. The molecule has 0 aliphatic heterocycles. The van der Waals surface area contributed by atoms with Crippen molar-refractivity contribution in [2.24, 2.45) is 0 Å². The van der Waals surface area contributed by atoms with Gasteiger partial charge in [0.15, 0.2) is 10.9 Å². The number of thioether (sulfide) groups is 1. The Bertz CT molecular complexity index is 983. The summed E-state index contributed by atoms with van der Waals surface area (Å²) < 4.78 is 14.6. The lowest BCUT2D eigenvalue weighted by atomic mass is 10.1. The number of Topliss-reactive ketones (excluding diaryl/α,β-unsaturated/α-hetero) is 1. The first kappa shape index (κ1) is 17.4. The van der Waals surface area contributed by atoms with Crippen LogP contribution in [0, 0.1) is 5.82 Å². The first-order valence-electron chi connectivity index (χ1n) is 7.97. The normalized spacial score (nSPS) is 12.3. The van der Waals surface area contributed by atoms with Crippen molar-refractivity contribution in [1.29, 1.82) is 0 Å². The van der Waals surface area contributed by atoms with Gasteiger partial charge in [-0.3, -0.25) is 14.2 Å². The van der Waals surface area contributed by atoms with Crippen LogP contribution < -0.4 is 5.56 Å². The number of hydrogen-bond acceptors (Lipinski definition) is 4. The van der Waals surface area contributed by atoms with E-state index in [1.54, 1.807) is 29.7 Å². The predicted octanol–water partition coefficient (Wildman–Crippen LogP) is 3.92. The average molecular weight is 356 g/mol. The first-order valence-corrected chi connectivity index (χ1v) is 8.85. The Kier molecular flexibility index (Phi) is 4.99. The van der Waals surface area contributed by atoms with Gasteiger partial charge in [0.2, 0.25) is 0 Å². The highest BCUT2D eigenvalue weighted by Crippen LogP contribution is 2.25. The van der Waals surface area contributed by atoms with Crippen LogP contribution in [0.1, 0.15) is 24.2 Å². The number of carbonyl (C=O) groups is 1. The van der Waals surface area contributed by atoms with Gasteiger partial charge in [0.1, 0.15) is 5.82 Å². The number of para-hydroxylation sites is 1. The van der Waals surface area contributed by atoms with E-state index in [4.69, 9.17) is 0 Å². The largest absolute Gasteiger partial charge is 0.293 e. The second-order valence-corrected chi connectivity index (χ2v) is 6.90. The Hall–Kier alpha value is -2.47. The van der Waals surface area contributed by atoms with Gasteiger partial charge >= 0.3 is 0 Å². The summed E-state index contributed by atoms with van der Waals surface area (Å²) in [6.07, 6.45) is 0. The van der Waals surface area contributed by atoms with Crippen molar-refractivity contribution < 1.29 is 9.18 Å². The van der Waals surface area contributed by atoms with Crippen molar-refractivity contribution in [2.75, 3.05) is 0 Å². The molecule has 0 fully saturated rings. The van der Waals surface area contributed by atoms with Crippen LogP contribution in [0.15, 0.2) is 58.5 Å². The lowest BCUT2D eigenvalue weighted by Gasteiger charge is -2.14. The van der Waals surface area contributed by atoms with E-state index >= 15 is 0 Å². The van der Waals surface area contributed by atoms with Gasteiger partial charge in [-0.1, -0.05) is 23.9 Å². The Morgan fingerprint density at radius 3 is 2.56 bits per heavy atom. The van der Waals surface area contributed by atoms with Crippen molar-refractivity contribution in [3.05, 3.63) is 70.3 Å². The topological polar surface area (TPSA) is 52.0 Å². The zero-order chi connectivity index (χ0) is 18.0. The number of rotatable bonds is 5. The first-order chi connectivity index (χ1) is 12.0. The fourth-order valence-electron chi connectivity index (χ4n) is 2.58. The summed E-state index contributed by atoms with van der Waals surface area (Å²) in [6.45, 7) is 4.10. The number of aromatic nitrogens is 2. The smallest absolute Gasteiger partial charge is 0.262 e. The molecule has 0 amide bonds. The molecule has 3 rings (SSSR count). The summed E-state index contributed by atoms with van der Waals surface area (Å²) in [7, 11) is 0. The minimum Gasteiger partial charge on any atom is -0.293 e. The highest BCUT2D eigenvalue weighted by molar-refractivity contribution is 8.00. The molecule has 1 heterocycles. The summed E-state index contributed by atoms with van der Waals surface area (Å²) in [4.78, 5) is 29.7. The summed E-state index contributed by atoms with van der Waals surface area (Å²) in [5, 5.41) is 0.622. The van der Waals surface area contributed by atoms with E-state index in [1.807, 2.05) is 13.0 Å². The molecule has 0 spiro atoms. The van der Waals surface area contributed by atoms with E-state index in [0.717, 1.165) is 0 Å². The monoisotopic (exact) mass is 356 g/mol. The summed E-state index contributed by atoms with van der Waals surface area (Å²) >= 11 is 1.24. The number of fused-ring (bicyclic) bond motifs is 1. The fourth-order valence-corrected chi connectivity index (χ4v) is 3.63. The van der Waals surface area contributed by atoms with Gasteiger partial charge in [0, 0.05) is 12.1 Å². The van der Waals surface area contributed by atoms with E-state index < -0.39 is 5.25 Å². The zero-order valence-electron chi connectivity index (χ0n) is 13.9. The number of nitrogens with zero attached hydrogens (tertiary/aromatic N) is 2. The molecule has 0 N–H and O–H groups in total. The molecule has 0 bridgehead atoms. The van der Waals surface area contributed by atoms with Gasteiger partial charge in [0.25, 0.3) is 5.56 Å². The van der Waals surface area contributed by atoms with Crippen LogP contribution in [0.2, 0.25) is 0 Å². The predicted molar refractivity (Wildman–Crippen MR) is 97.7 cm³/mol. The maximum atomic E-state index is 13.0. The lowest BCUT2D eigenvalue weighted by Crippen LogP contribution is -2.24. The van der Waals surface area contributed by atoms with Gasteiger partial charge in [0.05, 0.1) is 16.2 Å².